The van der Waals surface area contributed by atoms with Crippen LogP contribution < -0.4 is 10.6 Å². The number of nitrogen functional groups attached to an aromatic ring is 1. The minimum absolute atomic E-state index is 0.256. The number of ether oxygens (including phenoxy) is 2. The molecule has 1 aliphatic carbocycles. The van der Waals surface area contributed by atoms with Gasteiger partial charge in [-0.2, -0.15) is 4.37 Å². The van der Waals surface area contributed by atoms with Crippen molar-refractivity contribution in [1.29, 1.82) is 0 Å². The van der Waals surface area contributed by atoms with Crippen molar-refractivity contribution in [1.82, 2.24) is 4.37 Å². The molecular formula is C13H19N3O3S. The van der Waals surface area contributed by atoms with Crippen molar-refractivity contribution in [3.05, 3.63) is 5.56 Å². The van der Waals surface area contributed by atoms with Gasteiger partial charge in [-0.1, -0.05) is 12.8 Å². The SMILES string of the molecule is COC(=O)c1c(N)nsc1N1CCOC2CCCCC21. The third-order valence-corrected chi connectivity index (χ3v) is 4.98. The number of carbonyl (C=O) groups is 1. The summed E-state index contributed by atoms with van der Waals surface area (Å²) in [6.07, 6.45) is 4.84. The van der Waals surface area contributed by atoms with E-state index in [9.17, 15) is 4.79 Å². The molecule has 1 aromatic heterocycles. The molecule has 7 heteroatoms. The lowest BCUT2D eigenvalue weighted by Crippen LogP contribution is -2.53. The molecule has 0 amide bonds. The number of fused-ring (bicyclic) bond motifs is 1. The summed E-state index contributed by atoms with van der Waals surface area (Å²) in [6, 6.07) is 0.320. The first-order valence-electron chi connectivity index (χ1n) is 6.94. The van der Waals surface area contributed by atoms with Crippen LogP contribution in [0.2, 0.25) is 0 Å². The average molecular weight is 297 g/mol. The molecule has 1 saturated carbocycles. The Morgan fingerprint density at radius 3 is 3.10 bits per heavy atom. The van der Waals surface area contributed by atoms with Crippen molar-refractivity contribution < 1.29 is 14.3 Å². The molecule has 2 fully saturated rings. The maximum absolute atomic E-state index is 11.9. The number of morpholine rings is 1. The lowest BCUT2D eigenvalue weighted by atomic mass is 9.90. The van der Waals surface area contributed by atoms with Gasteiger partial charge >= 0.3 is 5.97 Å². The Morgan fingerprint density at radius 2 is 2.30 bits per heavy atom. The molecular weight excluding hydrogens is 278 g/mol. The Morgan fingerprint density at radius 1 is 1.50 bits per heavy atom. The molecule has 2 aliphatic rings. The fourth-order valence-corrected chi connectivity index (χ4v) is 4.02. The van der Waals surface area contributed by atoms with Crippen molar-refractivity contribution in [3.8, 4) is 0 Å². The van der Waals surface area contributed by atoms with Crippen LogP contribution in [0.25, 0.3) is 0 Å². The topological polar surface area (TPSA) is 77.7 Å². The number of nitrogens with two attached hydrogens (primary N) is 1. The molecule has 6 nitrogen and oxygen atoms in total. The third kappa shape index (κ3) is 2.25. The van der Waals surface area contributed by atoms with E-state index in [4.69, 9.17) is 15.2 Å². The van der Waals surface area contributed by atoms with Gasteiger partial charge in [-0.15, -0.1) is 0 Å². The van der Waals surface area contributed by atoms with Crippen LogP contribution in [-0.4, -0.2) is 42.8 Å². The zero-order valence-electron chi connectivity index (χ0n) is 11.5. The number of anilines is 2. The molecule has 0 aromatic carbocycles. The largest absolute Gasteiger partial charge is 0.465 e. The smallest absolute Gasteiger partial charge is 0.344 e. The number of hydrogen-bond acceptors (Lipinski definition) is 7. The van der Waals surface area contributed by atoms with Crippen molar-refractivity contribution in [3.63, 3.8) is 0 Å². The Kier molecular flexibility index (Phi) is 3.80. The first-order chi connectivity index (χ1) is 9.72. The van der Waals surface area contributed by atoms with Gasteiger partial charge in [0.05, 0.1) is 25.9 Å². The maximum Gasteiger partial charge on any atom is 0.344 e. The van der Waals surface area contributed by atoms with E-state index in [1.165, 1.54) is 31.5 Å². The quantitative estimate of drug-likeness (QED) is 0.837. The summed E-state index contributed by atoms with van der Waals surface area (Å²) in [5.41, 5.74) is 6.24. The van der Waals surface area contributed by atoms with E-state index in [0.717, 1.165) is 24.4 Å². The Hall–Kier alpha value is -1.34. The summed E-state index contributed by atoms with van der Waals surface area (Å²) < 4.78 is 14.8. The predicted octanol–water partition coefficient (Wildman–Crippen LogP) is 1.66. The summed E-state index contributed by atoms with van der Waals surface area (Å²) in [7, 11) is 1.37. The fourth-order valence-electron chi connectivity index (χ4n) is 3.13. The minimum atomic E-state index is -0.412. The standard InChI is InChI=1S/C13H19N3O3S/c1-18-13(17)10-11(14)15-20-12(10)16-6-7-19-9-5-3-2-4-8(9)16/h8-9H,2-7H2,1H3,(H2,14,15). The van der Waals surface area contributed by atoms with Gasteiger partial charge in [0.2, 0.25) is 0 Å². The second kappa shape index (κ2) is 5.57. The monoisotopic (exact) mass is 297 g/mol. The number of methoxy groups -OCH3 is 1. The van der Waals surface area contributed by atoms with Crippen LogP contribution in [-0.2, 0) is 9.47 Å². The predicted molar refractivity (Wildman–Crippen MR) is 77.2 cm³/mol. The van der Waals surface area contributed by atoms with Gasteiger partial charge in [0.25, 0.3) is 0 Å². The summed E-state index contributed by atoms with van der Waals surface area (Å²) in [4.78, 5) is 14.2. The molecule has 3 rings (SSSR count). The fraction of sp³-hybridized carbons (Fsp3) is 0.692. The number of carbonyl (C=O) groups excluding carboxylic acids is 1. The molecule has 1 aromatic rings. The van der Waals surface area contributed by atoms with Crippen LogP contribution in [0.15, 0.2) is 0 Å². The third-order valence-electron chi connectivity index (χ3n) is 4.08. The first-order valence-corrected chi connectivity index (χ1v) is 7.71. The van der Waals surface area contributed by atoms with Crippen LogP contribution in [0.4, 0.5) is 10.8 Å². The summed E-state index contributed by atoms with van der Waals surface area (Å²) in [6.45, 7) is 1.45. The highest BCUT2D eigenvalue weighted by Crippen LogP contribution is 2.38. The molecule has 110 valence electrons. The van der Waals surface area contributed by atoms with Crippen molar-refractivity contribution in [2.45, 2.75) is 37.8 Å². The molecule has 0 spiro atoms. The molecule has 2 atom stereocenters. The van der Waals surface area contributed by atoms with E-state index in [1.807, 2.05) is 0 Å². The van der Waals surface area contributed by atoms with Gasteiger partial charge in [-0.05, 0) is 24.4 Å². The van der Waals surface area contributed by atoms with Crippen LogP contribution in [0.1, 0.15) is 36.0 Å². The zero-order chi connectivity index (χ0) is 14.1. The average Bonchev–Trinajstić information content (AvgIpc) is 2.87. The number of rotatable bonds is 2. The van der Waals surface area contributed by atoms with E-state index in [0.29, 0.717) is 18.2 Å². The zero-order valence-corrected chi connectivity index (χ0v) is 12.3. The molecule has 0 radical (unpaired) electrons. The van der Waals surface area contributed by atoms with Gasteiger partial charge in [0, 0.05) is 6.54 Å². The number of esters is 1. The second-order valence-electron chi connectivity index (χ2n) is 5.19. The molecule has 0 bridgehead atoms. The first kappa shape index (κ1) is 13.6. The van der Waals surface area contributed by atoms with Gasteiger partial charge in [0.1, 0.15) is 10.6 Å². The molecule has 2 N–H and O–H groups in total. The normalized spacial score (nSPS) is 26.1. The highest BCUT2D eigenvalue weighted by Gasteiger charge is 2.37. The highest BCUT2D eigenvalue weighted by molar-refractivity contribution is 7.11. The molecule has 1 aliphatic heterocycles. The maximum atomic E-state index is 11.9. The van der Waals surface area contributed by atoms with Gasteiger partial charge in [-0.3, -0.25) is 0 Å². The van der Waals surface area contributed by atoms with Gasteiger partial charge < -0.3 is 20.1 Å². The van der Waals surface area contributed by atoms with Crippen molar-refractivity contribution in [2.75, 3.05) is 30.9 Å². The van der Waals surface area contributed by atoms with E-state index in [-0.39, 0.29) is 11.9 Å². The van der Waals surface area contributed by atoms with E-state index < -0.39 is 5.97 Å². The molecule has 2 unspecified atom stereocenters. The number of aromatic nitrogens is 1. The van der Waals surface area contributed by atoms with Crippen LogP contribution in [0.5, 0.6) is 0 Å². The molecule has 2 heterocycles. The van der Waals surface area contributed by atoms with Gasteiger partial charge in [0.15, 0.2) is 5.82 Å². The van der Waals surface area contributed by atoms with Crippen molar-refractivity contribution >= 4 is 28.3 Å². The summed E-state index contributed by atoms with van der Waals surface area (Å²) in [5.74, 6) is -0.152. The second-order valence-corrected chi connectivity index (χ2v) is 5.95. The Labute approximate surface area is 122 Å². The van der Waals surface area contributed by atoms with E-state index in [1.54, 1.807) is 0 Å². The van der Waals surface area contributed by atoms with Gasteiger partial charge in [-0.25, -0.2) is 4.79 Å². The summed E-state index contributed by atoms with van der Waals surface area (Å²) in [5, 5.41) is 0.828. The van der Waals surface area contributed by atoms with Crippen LogP contribution in [0.3, 0.4) is 0 Å². The Balaban J connectivity index is 1.93. The van der Waals surface area contributed by atoms with Crippen LogP contribution >= 0.6 is 11.5 Å². The van der Waals surface area contributed by atoms with E-state index >= 15 is 0 Å². The Bertz CT molecular complexity index is 503. The van der Waals surface area contributed by atoms with Crippen molar-refractivity contribution in [2.24, 2.45) is 0 Å². The summed E-state index contributed by atoms with van der Waals surface area (Å²) >= 11 is 1.28. The minimum Gasteiger partial charge on any atom is -0.465 e. The molecule has 20 heavy (non-hydrogen) atoms. The highest BCUT2D eigenvalue weighted by atomic mass is 32.1. The number of hydrogen-bond donors (Lipinski definition) is 1. The lowest BCUT2D eigenvalue weighted by molar-refractivity contribution is -0.00851. The molecule has 1 saturated heterocycles. The van der Waals surface area contributed by atoms with Crippen LogP contribution in [0, 0.1) is 0 Å². The number of nitrogens with zero attached hydrogens (tertiary/aromatic N) is 2. The van der Waals surface area contributed by atoms with E-state index in [2.05, 4.69) is 9.27 Å². The lowest BCUT2D eigenvalue weighted by Gasteiger charge is -2.44.